The van der Waals surface area contributed by atoms with Gasteiger partial charge in [-0.2, -0.15) is 5.10 Å². The molecule has 0 saturated heterocycles. The van der Waals surface area contributed by atoms with E-state index in [9.17, 15) is 14.4 Å². The van der Waals surface area contributed by atoms with Crippen LogP contribution in [0.5, 0.6) is 5.75 Å². The molecule has 5 aromatic rings. The number of carbonyl (C=O) groups is 3. The molecule has 7 nitrogen and oxygen atoms in total. The van der Waals surface area contributed by atoms with E-state index in [1.807, 2.05) is 24.3 Å². The topological polar surface area (TPSA) is 96.9 Å². The van der Waals surface area contributed by atoms with E-state index in [2.05, 4.69) is 31.8 Å². The molecule has 0 aliphatic heterocycles. The molecule has 1 aromatic heterocycles. The first-order chi connectivity index (χ1) is 19.4. The summed E-state index contributed by atoms with van der Waals surface area (Å²) in [5, 5.41) is 7.91. The smallest absolute Gasteiger partial charge is 0.355 e. The molecule has 1 heterocycles. The molecule has 0 unspecified atom stereocenters. The highest BCUT2D eigenvalue weighted by Crippen LogP contribution is 2.37. The number of halogens is 2. The minimum atomic E-state index is -0.591. The van der Waals surface area contributed by atoms with Crippen LogP contribution in [0.3, 0.4) is 0 Å². The lowest BCUT2D eigenvalue weighted by Crippen LogP contribution is -2.18. The Labute approximate surface area is 246 Å². The summed E-state index contributed by atoms with van der Waals surface area (Å²) in [5.74, 6) is -1.02. The summed E-state index contributed by atoms with van der Waals surface area (Å²) in [4.78, 5) is 38.1. The van der Waals surface area contributed by atoms with Gasteiger partial charge in [0.15, 0.2) is 0 Å². The maximum absolute atomic E-state index is 12.9. The Bertz CT molecular complexity index is 1750. The first-order valence-electron chi connectivity index (χ1n) is 11.9. The Morgan fingerprint density at radius 1 is 0.850 bits per heavy atom. The van der Waals surface area contributed by atoms with Gasteiger partial charge in [0.2, 0.25) is 0 Å². The number of nitrogens with one attached hydrogen (secondary N) is 2. The number of para-hydroxylation sites is 1. The number of carbonyl (C=O) groups excluding carboxylic acids is 3. The number of benzene rings is 4. The fourth-order valence-corrected chi connectivity index (χ4v) is 5.66. The first-order valence-corrected chi connectivity index (χ1v) is 13.9. The molecule has 0 spiro atoms. The Hall–Kier alpha value is -4.31. The fourth-order valence-electron chi connectivity index (χ4n) is 3.72. The zero-order valence-corrected chi connectivity index (χ0v) is 23.7. The third-order valence-electron chi connectivity index (χ3n) is 5.71. The molecule has 0 saturated carbocycles. The zero-order chi connectivity index (χ0) is 28.1. The molecular formula is C30H19BrClN3O4S. The highest BCUT2D eigenvalue weighted by atomic mass is 79.9. The van der Waals surface area contributed by atoms with Crippen LogP contribution in [0.25, 0.3) is 10.1 Å². The maximum atomic E-state index is 12.9. The number of ether oxygens (including phenoxy) is 1. The molecule has 198 valence electrons. The molecule has 2 N–H and O–H groups in total. The van der Waals surface area contributed by atoms with Crippen molar-refractivity contribution in [3.05, 3.63) is 128 Å². The van der Waals surface area contributed by atoms with Gasteiger partial charge in [0.1, 0.15) is 10.6 Å². The number of nitrogens with zero attached hydrogens (tertiary/aromatic N) is 1. The quantitative estimate of drug-likeness (QED) is 0.0838. The number of thiophene rings is 1. The summed E-state index contributed by atoms with van der Waals surface area (Å²) < 4.78 is 7.37. The standard InChI is InChI=1S/C30H19BrClN3O4S/c31-21-12-15-23-25(16-21)40-27(26(23)32)30(38)39-24-9-5-4-8-20(24)17-33-35-29(37)19-10-13-22(14-11-19)34-28(36)18-6-2-1-3-7-18/h1-17H,(H,34,36)(H,35,37)/b33-17-. The molecule has 0 radical (unpaired) electrons. The molecule has 0 aliphatic carbocycles. The van der Waals surface area contributed by atoms with E-state index in [0.717, 1.165) is 14.6 Å². The van der Waals surface area contributed by atoms with Crippen LogP contribution in [0.1, 0.15) is 36.0 Å². The van der Waals surface area contributed by atoms with Gasteiger partial charge in [-0.15, -0.1) is 11.3 Å². The van der Waals surface area contributed by atoms with E-state index in [1.54, 1.807) is 72.8 Å². The summed E-state index contributed by atoms with van der Waals surface area (Å²) in [5.41, 5.74) is 4.37. The van der Waals surface area contributed by atoms with E-state index in [-0.39, 0.29) is 11.7 Å². The second-order valence-corrected chi connectivity index (χ2v) is 10.8. The van der Waals surface area contributed by atoms with Crippen LogP contribution >= 0.6 is 38.9 Å². The number of hydrogen-bond acceptors (Lipinski definition) is 6. The molecule has 0 bridgehead atoms. The van der Waals surface area contributed by atoms with E-state index in [0.29, 0.717) is 32.3 Å². The van der Waals surface area contributed by atoms with Crippen molar-refractivity contribution in [2.45, 2.75) is 0 Å². The van der Waals surface area contributed by atoms with E-state index in [4.69, 9.17) is 16.3 Å². The Kier molecular flexibility index (Phi) is 8.35. The van der Waals surface area contributed by atoms with Crippen molar-refractivity contribution in [3.8, 4) is 5.75 Å². The molecule has 0 fully saturated rings. The van der Waals surface area contributed by atoms with Gasteiger partial charge in [0.25, 0.3) is 11.8 Å². The number of hydrogen-bond donors (Lipinski definition) is 2. The Balaban J connectivity index is 1.22. The monoisotopic (exact) mass is 631 g/mol. The summed E-state index contributed by atoms with van der Waals surface area (Å²) in [6.45, 7) is 0. The highest BCUT2D eigenvalue weighted by molar-refractivity contribution is 9.10. The molecule has 2 amide bonds. The van der Waals surface area contributed by atoms with Crippen molar-refractivity contribution >= 4 is 78.6 Å². The van der Waals surface area contributed by atoms with Crippen molar-refractivity contribution in [3.63, 3.8) is 0 Å². The average Bonchev–Trinajstić information content (AvgIpc) is 3.30. The lowest BCUT2D eigenvalue weighted by molar-refractivity contribution is 0.0739. The molecule has 5 rings (SSSR count). The normalized spacial score (nSPS) is 10.9. The van der Waals surface area contributed by atoms with Gasteiger partial charge in [0, 0.05) is 36.9 Å². The highest BCUT2D eigenvalue weighted by Gasteiger charge is 2.20. The summed E-state index contributed by atoms with van der Waals surface area (Å²) >= 11 is 11.1. The second kappa shape index (κ2) is 12.3. The fraction of sp³-hybridized carbons (Fsp3) is 0. The number of fused-ring (bicyclic) bond motifs is 1. The van der Waals surface area contributed by atoms with Gasteiger partial charge >= 0.3 is 5.97 Å². The minimum absolute atomic E-state index is 0.246. The first kappa shape index (κ1) is 27.3. The molecule has 4 aromatic carbocycles. The van der Waals surface area contributed by atoms with Crippen molar-refractivity contribution in [1.29, 1.82) is 0 Å². The van der Waals surface area contributed by atoms with Gasteiger partial charge < -0.3 is 10.1 Å². The predicted molar refractivity (Wildman–Crippen MR) is 162 cm³/mol. The van der Waals surface area contributed by atoms with Crippen molar-refractivity contribution in [2.24, 2.45) is 5.10 Å². The lowest BCUT2D eigenvalue weighted by atomic mass is 10.1. The number of rotatable bonds is 7. The minimum Gasteiger partial charge on any atom is -0.422 e. The van der Waals surface area contributed by atoms with Gasteiger partial charge in [-0.1, -0.05) is 63.9 Å². The SMILES string of the molecule is O=C(N/N=C\c1ccccc1OC(=O)c1sc2cc(Br)ccc2c1Cl)c1ccc(NC(=O)c2ccccc2)cc1. The lowest BCUT2D eigenvalue weighted by Gasteiger charge is -2.07. The number of hydrazone groups is 1. The second-order valence-electron chi connectivity index (χ2n) is 8.41. The van der Waals surface area contributed by atoms with Crippen LogP contribution in [0, 0.1) is 0 Å². The summed E-state index contributed by atoms with van der Waals surface area (Å²) in [6, 6.07) is 27.6. The van der Waals surface area contributed by atoms with Crippen LogP contribution in [0.2, 0.25) is 5.02 Å². The van der Waals surface area contributed by atoms with Crippen LogP contribution in [-0.4, -0.2) is 24.0 Å². The zero-order valence-electron chi connectivity index (χ0n) is 20.6. The van der Waals surface area contributed by atoms with Crippen molar-refractivity contribution < 1.29 is 19.1 Å². The molecule has 10 heteroatoms. The number of esters is 1. The summed E-state index contributed by atoms with van der Waals surface area (Å²) in [7, 11) is 0. The third kappa shape index (κ3) is 6.28. The van der Waals surface area contributed by atoms with E-state index in [1.165, 1.54) is 17.6 Å². The van der Waals surface area contributed by atoms with Gasteiger partial charge in [-0.25, -0.2) is 10.2 Å². The summed E-state index contributed by atoms with van der Waals surface area (Å²) in [6.07, 6.45) is 1.39. The van der Waals surface area contributed by atoms with Crippen LogP contribution in [0.15, 0.2) is 107 Å². The van der Waals surface area contributed by atoms with Gasteiger partial charge in [-0.3, -0.25) is 9.59 Å². The molecular weight excluding hydrogens is 614 g/mol. The van der Waals surface area contributed by atoms with Gasteiger partial charge in [-0.05, 0) is 60.7 Å². The van der Waals surface area contributed by atoms with E-state index < -0.39 is 11.9 Å². The Morgan fingerprint density at radius 3 is 2.33 bits per heavy atom. The van der Waals surface area contributed by atoms with Gasteiger partial charge in [0.05, 0.1) is 11.2 Å². The van der Waals surface area contributed by atoms with Crippen molar-refractivity contribution in [1.82, 2.24) is 5.43 Å². The largest absolute Gasteiger partial charge is 0.422 e. The predicted octanol–water partition coefficient (Wildman–Crippen LogP) is 7.55. The maximum Gasteiger partial charge on any atom is 0.355 e. The van der Waals surface area contributed by atoms with Crippen molar-refractivity contribution in [2.75, 3.05) is 5.32 Å². The molecule has 0 aliphatic rings. The Morgan fingerprint density at radius 2 is 1.55 bits per heavy atom. The molecule has 40 heavy (non-hydrogen) atoms. The van der Waals surface area contributed by atoms with Crippen LogP contribution in [-0.2, 0) is 0 Å². The average molecular weight is 633 g/mol. The third-order valence-corrected chi connectivity index (χ3v) is 7.84. The van der Waals surface area contributed by atoms with Crippen LogP contribution in [0.4, 0.5) is 5.69 Å². The number of amides is 2. The number of anilines is 1. The molecule has 0 atom stereocenters. The van der Waals surface area contributed by atoms with E-state index >= 15 is 0 Å². The van der Waals surface area contributed by atoms with Crippen LogP contribution < -0.4 is 15.5 Å².